The zero-order valence-electron chi connectivity index (χ0n) is 16.8. The van der Waals surface area contributed by atoms with E-state index in [0.29, 0.717) is 18.4 Å². The van der Waals surface area contributed by atoms with Gasteiger partial charge in [0.25, 0.3) is 0 Å². The van der Waals surface area contributed by atoms with Gasteiger partial charge in [0.1, 0.15) is 5.75 Å². The molecule has 1 aromatic carbocycles. The Morgan fingerprint density at radius 1 is 1.22 bits per heavy atom. The number of benzene rings is 1. The molecule has 0 spiro atoms. The van der Waals surface area contributed by atoms with Crippen LogP contribution in [0.1, 0.15) is 36.5 Å². The lowest BCUT2D eigenvalue weighted by atomic mass is 9.89. The maximum absolute atomic E-state index is 5.47. The van der Waals surface area contributed by atoms with Gasteiger partial charge in [0.2, 0.25) is 0 Å². The van der Waals surface area contributed by atoms with Crippen molar-refractivity contribution in [3.05, 3.63) is 59.4 Å². The van der Waals surface area contributed by atoms with Crippen molar-refractivity contribution in [1.29, 1.82) is 0 Å². The van der Waals surface area contributed by atoms with Gasteiger partial charge in [0, 0.05) is 44.0 Å². The maximum atomic E-state index is 5.47. The number of methoxy groups -OCH3 is 1. The van der Waals surface area contributed by atoms with E-state index < -0.39 is 0 Å². The number of hydrogen-bond acceptors (Lipinski definition) is 3. The van der Waals surface area contributed by atoms with E-state index in [4.69, 9.17) is 4.74 Å². The summed E-state index contributed by atoms with van der Waals surface area (Å²) in [4.78, 5) is 8.59. The van der Waals surface area contributed by atoms with Gasteiger partial charge in [0.15, 0.2) is 5.96 Å². The third-order valence-electron chi connectivity index (χ3n) is 4.52. The topological polar surface area (TPSA) is 58.5 Å². The van der Waals surface area contributed by atoms with Gasteiger partial charge in [-0.3, -0.25) is 9.98 Å². The number of rotatable bonds is 7. The van der Waals surface area contributed by atoms with Gasteiger partial charge < -0.3 is 15.4 Å². The van der Waals surface area contributed by atoms with Gasteiger partial charge in [-0.05, 0) is 36.1 Å². The summed E-state index contributed by atoms with van der Waals surface area (Å²) in [6.07, 6.45) is 3.75. The monoisotopic (exact) mass is 482 g/mol. The molecule has 0 aliphatic heterocycles. The van der Waals surface area contributed by atoms with E-state index in [1.165, 1.54) is 11.1 Å². The van der Waals surface area contributed by atoms with E-state index in [1.54, 1.807) is 14.2 Å². The van der Waals surface area contributed by atoms with Crippen LogP contribution in [-0.2, 0) is 6.54 Å². The van der Waals surface area contributed by atoms with Crippen LogP contribution in [0.4, 0.5) is 0 Å². The molecule has 1 heterocycles. The van der Waals surface area contributed by atoms with Crippen LogP contribution < -0.4 is 15.4 Å². The van der Waals surface area contributed by atoms with Gasteiger partial charge in [0.05, 0.1) is 7.11 Å². The number of aromatic nitrogens is 1. The summed E-state index contributed by atoms with van der Waals surface area (Å²) >= 11 is 0. The van der Waals surface area contributed by atoms with Crippen molar-refractivity contribution in [2.45, 2.75) is 33.2 Å². The molecule has 0 amide bonds. The smallest absolute Gasteiger partial charge is 0.191 e. The second-order valence-corrected chi connectivity index (χ2v) is 6.76. The predicted octanol–water partition coefficient (Wildman–Crippen LogP) is 4.12. The van der Waals surface area contributed by atoms with Crippen molar-refractivity contribution in [3.8, 4) is 5.75 Å². The highest BCUT2D eigenvalue weighted by atomic mass is 127. The molecule has 0 aliphatic rings. The Labute approximate surface area is 180 Å². The SMILES string of the molecule is CN=C(NCc1ccc(C)cc1OC)NCC(c1cccnc1)C(C)C.I. The highest BCUT2D eigenvalue weighted by molar-refractivity contribution is 14.0. The van der Waals surface area contributed by atoms with Gasteiger partial charge >= 0.3 is 0 Å². The molecule has 2 N–H and O–H groups in total. The average Bonchev–Trinajstić information content (AvgIpc) is 2.65. The molecule has 2 rings (SSSR count). The summed E-state index contributed by atoms with van der Waals surface area (Å²) in [7, 11) is 3.49. The van der Waals surface area contributed by atoms with Crippen LogP contribution in [0.2, 0.25) is 0 Å². The number of pyridine rings is 1. The fraction of sp³-hybridized carbons (Fsp3) is 0.429. The fourth-order valence-corrected chi connectivity index (χ4v) is 2.94. The molecule has 1 aromatic heterocycles. The van der Waals surface area contributed by atoms with E-state index in [0.717, 1.165) is 23.8 Å². The number of hydrogen-bond donors (Lipinski definition) is 2. The lowest BCUT2D eigenvalue weighted by Crippen LogP contribution is -2.39. The Balaban J connectivity index is 0.00000364. The first kappa shape index (κ1) is 23.2. The summed E-state index contributed by atoms with van der Waals surface area (Å²) in [6, 6.07) is 10.3. The number of nitrogens with one attached hydrogen (secondary N) is 2. The summed E-state index contributed by atoms with van der Waals surface area (Å²) in [5.74, 6) is 2.55. The molecule has 5 nitrogen and oxygen atoms in total. The Morgan fingerprint density at radius 2 is 2.00 bits per heavy atom. The number of nitrogens with zero attached hydrogens (tertiary/aromatic N) is 2. The highest BCUT2D eigenvalue weighted by Crippen LogP contribution is 2.23. The zero-order valence-corrected chi connectivity index (χ0v) is 19.2. The quantitative estimate of drug-likeness (QED) is 0.354. The molecule has 0 saturated heterocycles. The Kier molecular flexibility index (Phi) is 10.1. The predicted molar refractivity (Wildman–Crippen MR) is 123 cm³/mol. The Morgan fingerprint density at radius 3 is 2.59 bits per heavy atom. The molecule has 27 heavy (non-hydrogen) atoms. The molecule has 0 radical (unpaired) electrons. The number of aryl methyl sites for hydroxylation is 1. The van der Waals surface area contributed by atoms with Crippen LogP contribution in [0.5, 0.6) is 5.75 Å². The van der Waals surface area contributed by atoms with Crippen molar-refractivity contribution in [2.75, 3.05) is 20.7 Å². The Bertz CT molecular complexity index is 719. The summed E-state index contributed by atoms with van der Waals surface area (Å²) in [6.45, 7) is 7.97. The summed E-state index contributed by atoms with van der Waals surface area (Å²) in [5.41, 5.74) is 3.53. The molecule has 2 aromatic rings. The van der Waals surface area contributed by atoms with Crippen LogP contribution in [0.15, 0.2) is 47.7 Å². The molecule has 1 unspecified atom stereocenters. The number of guanidine groups is 1. The van der Waals surface area contributed by atoms with Crippen molar-refractivity contribution in [3.63, 3.8) is 0 Å². The molecule has 148 valence electrons. The van der Waals surface area contributed by atoms with Crippen LogP contribution in [-0.4, -0.2) is 31.6 Å². The first-order valence-corrected chi connectivity index (χ1v) is 9.03. The Hall–Kier alpha value is -1.83. The molecular weight excluding hydrogens is 451 g/mol. The number of ether oxygens (including phenoxy) is 1. The summed E-state index contributed by atoms with van der Waals surface area (Å²) in [5, 5.41) is 6.81. The van der Waals surface area contributed by atoms with Crippen molar-refractivity contribution in [2.24, 2.45) is 10.9 Å². The van der Waals surface area contributed by atoms with Gasteiger partial charge in [-0.2, -0.15) is 0 Å². The van der Waals surface area contributed by atoms with Gasteiger partial charge in [-0.1, -0.05) is 32.0 Å². The fourth-order valence-electron chi connectivity index (χ4n) is 2.94. The van der Waals surface area contributed by atoms with Gasteiger partial charge in [-0.25, -0.2) is 0 Å². The van der Waals surface area contributed by atoms with Crippen molar-refractivity contribution >= 4 is 29.9 Å². The van der Waals surface area contributed by atoms with Gasteiger partial charge in [-0.15, -0.1) is 24.0 Å². The number of aliphatic imine (C=N–C) groups is 1. The van der Waals surface area contributed by atoms with E-state index in [-0.39, 0.29) is 24.0 Å². The minimum atomic E-state index is 0. The minimum Gasteiger partial charge on any atom is -0.496 e. The summed E-state index contributed by atoms with van der Waals surface area (Å²) < 4.78 is 5.47. The zero-order chi connectivity index (χ0) is 18.9. The first-order chi connectivity index (χ1) is 12.5. The third-order valence-corrected chi connectivity index (χ3v) is 4.52. The largest absolute Gasteiger partial charge is 0.496 e. The molecule has 0 saturated carbocycles. The second-order valence-electron chi connectivity index (χ2n) is 6.76. The van der Waals surface area contributed by atoms with Crippen molar-refractivity contribution < 1.29 is 4.74 Å². The molecule has 6 heteroatoms. The molecule has 1 atom stereocenters. The molecule has 0 bridgehead atoms. The van der Waals surface area contributed by atoms with Crippen LogP contribution in [0, 0.1) is 12.8 Å². The third kappa shape index (κ3) is 7.01. The highest BCUT2D eigenvalue weighted by Gasteiger charge is 2.16. The molecular formula is C21H31IN4O. The van der Waals surface area contributed by atoms with E-state index >= 15 is 0 Å². The van der Waals surface area contributed by atoms with E-state index in [2.05, 4.69) is 59.6 Å². The van der Waals surface area contributed by atoms with E-state index in [9.17, 15) is 0 Å². The first-order valence-electron chi connectivity index (χ1n) is 9.03. The molecule has 0 fully saturated rings. The van der Waals surface area contributed by atoms with E-state index in [1.807, 2.05) is 24.5 Å². The standard InChI is InChI=1S/C21H30N4O.HI/c1-15(2)19(17-7-6-10-23-12-17)14-25-21(22-4)24-13-18-9-8-16(3)11-20(18)26-5;/h6-12,15,19H,13-14H2,1-5H3,(H2,22,24,25);1H. The lowest BCUT2D eigenvalue weighted by Gasteiger charge is -2.23. The lowest BCUT2D eigenvalue weighted by molar-refractivity contribution is 0.408. The maximum Gasteiger partial charge on any atom is 0.191 e. The van der Waals surface area contributed by atoms with Crippen LogP contribution >= 0.6 is 24.0 Å². The van der Waals surface area contributed by atoms with Crippen molar-refractivity contribution in [1.82, 2.24) is 15.6 Å². The minimum absolute atomic E-state index is 0. The average molecular weight is 482 g/mol. The molecule has 0 aliphatic carbocycles. The normalized spacial score (nSPS) is 12.3. The number of halogens is 1. The van der Waals surface area contributed by atoms with Crippen LogP contribution in [0.25, 0.3) is 0 Å². The van der Waals surface area contributed by atoms with Crippen LogP contribution in [0.3, 0.4) is 0 Å². The second kappa shape index (κ2) is 11.8.